The second-order valence-electron chi connectivity index (χ2n) is 2.93. The maximum atomic E-state index is 10.9. The highest BCUT2D eigenvalue weighted by Crippen LogP contribution is 2.00. The number of hydrogen-bond donors (Lipinski definition) is 0. The van der Waals surface area contributed by atoms with Crippen molar-refractivity contribution in [3.8, 4) is 0 Å². The third kappa shape index (κ3) is 4.98. The lowest BCUT2D eigenvalue weighted by Gasteiger charge is -1.99. The van der Waals surface area contributed by atoms with Crippen LogP contribution in [-0.2, 0) is 14.3 Å². The molecule has 15 heavy (non-hydrogen) atoms. The molecule has 1 aromatic carbocycles. The van der Waals surface area contributed by atoms with Crippen molar-refractivity contribution in [2.75, 3.05) is 20.3 Å². The van der Waals surface area contributed by atoms with Crippen molar-refractivity contribution in [2.24, 2.45) is 0 Å². The van der Waals surface area contributed by atoms with Crippen LogP contribution in [0, 0.1) is 0 Å². The first-order valence-electron chi connectivity index (χ1n) is 4.69. The smallest absolute Gasteiger partial charge is 0.332 e. The summed E-state index contributed by atoms with van der Waals surface area (Å²) in [5, 5.41) is 0. The molecule has 0 atom stereocenters. The molecule has 3 nitrogen and oxygen atoms in total. The van der Waals surface area contributed by atoms with Crippen LogP contribution in [0.3, 0.4) is 0 Å². The van der Waals surface area contributed by atoms with Gasteiger partial charge in [-0.1, -0.05) is 36.4 Å². The van der Waals surface area contributed by atoms with Gasteiger partial charge in [0.05, 0.1) is 0 Å². The van der Waals surface area contributed by atoms with Crippen molar-refractivity contribution < 1.29 is 14.3 Å². The molecule has 0 saturated heterocycles. The molecule has 1 aromatic rings. The van der Waals surface area contributed by atoms with Crippen LogP contribution < -0.4 is 0 Å². The van der Waals surface area contributed by atoms with Gasteiger partial charge in [-0.2, -0.15) is 0 Å². The minimum absolute atomic E-state index is 0.000816. The molecule has 0 bridgehead atoms. The molecule has 0 radical (unpaired) electrons. The summed E-state index contributed by atoms with van der Waals surface area (Å²) in [6, 6.07) is 9.82. The van der Waals surface area contributed by atoms with Crippen molar-refractivity contribution in [3.05, 3.63) is 42.0 Å². The molecule has 0 fully saturated rings. The molecule has 0 unspecified atom stereocenters. The van der Waals surface area contributed by atoms with Crippen LogP contribution in [0.1, 0.15) is 5.56 Å². The zero-order chi connectivity index (χ0) is 10.9. The average molecular weight is 206 g/mol. The second-order valence-corrected chi connectivity index (χ2v) is 2.93. The number of benzene rings is 1. The van der Waals surface area contributed by atoms with Gasteiger partial charge in [0.1, 0.15) is 13.2 Å². The normalized spacial score (nSPS) is 10.5. The van der Waals surface area contributed by atoms with Gasteiger partial charge < -0.3 is 9.47 Å². The fourth-order valence-corrected chi connectivity index (χ4v) is 1.05. The molecular weight excluding hydrogens is 192 g/mol. The van der Waals surface area contributed by atoms with E-state index in [1.165, 1.54) is 7.11 Å². The number of hydrogen-bond acceptors (Lipinski definition) is 3. The lowest BCUT2D eigenvalue weighted by Crippen LogP contribution is -2.10. The van der Waals surface area contributed by atoms with E-state index in [0.717, 1.165) is 5.56 Å². The molecule has 3 heteroatoms. The molecule has 0 amide bonds. The first-order valence-corrected chi connectivity index (χ1v) is 4.69. The van der Waals surface area contributed by atoms with E-state index in [4.69, 9.17) is 4.74 Å². The van der Waals surface area contributed by atoms with Crippen LogP contribution in [0.15, 0.2) is 36.4 Å². The number of ether oxygens (including phenoxy) is 2. The van der Waals surface area contributed by atoms with Crippen LogP contribution in [0.25, 0.3) is 6.08 Å². The highest BCUT2D eigenvalue weighted by Gasteiger charge is 1.97. The molecule has 0 heterocycles. The quantitative estimate of drug-likeness (QED) is 0.690. The summed E-state index contributed by atoms with van der Waals surface area (Å²) in [4.78, 5) is 10.9. The number of rotatable bonds is 5. The van der Waals surface area contributed by atoms with Crippen LogP contribution in [-0.4, -0.2) is 26.3 Å². The average Bonchev–Trinajstić information content (AvgIpc) is 2.26. The number of methoxy groups -OCH3 is 1. The molecule has 80 valence electrons. The zero-order valence-electron chi connectivity index (χ0n) is 8.68. The molecular formula is C12H14O3. The van der Waals surface area contributed by atoms with Crippen LogP contribution in [0.4, 0.5) is 0 Å². The van der Waals surface area contributed by atoms with Gasteiger partial charge >= 0.3 is 5.97 Å². The minimum atomic E-state index is -0.352. The Kier molecular flexibility index (Phi) is 5.19. The summed E-state index contributed by atoms with van der Waals surface area (Å²) < 4.78 is 9.47. The van der Waals surface area contributed by atoms with E-state index in [1.54, 1.807) is 6.08 Å². The van der Waals surface area contributed by atoms with E-state index in [2.05, 4.69) is 4.74 Å². The van der Waals surface area contributed by atoms with Gasteiger partial charge in [-0.05, 0) is 11.6 Å². The Balaban J connectivity index is 2.26. The SMILES string of the molecule is COCC(=O)OCC=Cc1ccccc1. The molecule has 0 aliphatic heterocycles. The lowest BCUT2D eigenvalue weighted by molar-refractivity contribution is -0.146. The maximum absolute atomic E-state index is 10.9. The molecule has 0 saturated carbocycles. The second kappa shape index (κ2) is 6.79. The van der Waals surface area contributed by atoms with E-state index >= 15 is 0 Å². The molecule has 0 aliphatic carbocycles. The fourth-order valence-electron chi connectivity index (χ4n) is 1.05. The van der Waals surface area contributed by atoms with Crippen molar-refractivity contribution in [3.63, 3.8) is 0 Å². The first kappa shape index (κ1) is 11.5. The van der Waals surface area contributed by atoms with Gasteiger partial charge in [0.25, 0.3) is 0 Å². The Bertz CT molecular complexity index is 317. The summed E-state index contributed by atoms with van der Waals surface area (Å²) in [7, 11) is 1.46. The standard InChI is InChI=1S/C12H14O3/c1-14-10-12(13)15-9-5-8-11-6-3-2-4-7-11/h2-8H,9-10H2,1H3. The summed E-state index contributed by atoms with van der Waals surface area (Å²) in [5.41, 5.74) is 1.08. The Labute approximate surface area is 89.3 Å². The fraction of sp³-hybridized carbons (Fsp3) is 0.250. The summed E-state index contributed by atoms with van der Waals surface area (Å²) in [6.07, 6.45) is 3.70. The summed E-state index contributed by atoms with van der Waals surface area (Å²) >= 11 is 0. The summed E-state index contributed by atoms with van der Waals surface area (Å²) in [5.74, 6) is -0.352. The van der Waals surface area contributed by atoms with Gasteiger partial charge in [0.15, 0.2) is 0 Å². The Morgan fingerprint density at radius 2 is 2.07 bits per heavy atom. The lowest BCUT2D eigenvalue weighted by atomic mass is 10.2. The monoisotopic (exact) mass is 206 g/mol. The van der Waals surface area contributed by atoms with E-state index in [0.29, 0.717) is 0 Å². The van der Waals surface area contributed by atoms with Crippen LogP contribution in [0.2, 0.25) is 0 Å². The third-order valence-electron chi connectivity index (χ3n) is 1.71. The number of carbonyl (C=O) groups excluding carboxylic acids is 1. The maximum Gasteiger partial charge on any atom is 0.332 e. The largest absolute Gasteiger partial charge is 0.460 e. The van der Waals surface area contributed by atoms with E-state index in [9.17, 15) is 4.79 Å². The number of carbonyl (C=O) groups is 1. The Hall–Kier alpha value is -1.61. The predicted molar refractivity (Wildman–Crippen MR) is 58.3 cm³/mol. The zero-order valence-corrected chi connectivity index (χ0v) is 8.68. The predicted octanol–water partition coefficient (Wildman–Crippen LogP) is 1.89. The highest BCUT2D eigenvalue weighted by atomic mass is 16.6. The molecule has 1 rings (SSSR count). The van der Waals surface area contributed by atoms with Crippen LogP contribution in [0.5, 0.6) is 0 Å². The van der Waals surface area contributed by atoms with Crippen molar-refractivity contribution in [1.82, 2.24) is 0 Å². The van der Waals surface area contributed by atoms with Gasteiger partial charge in [0.2, 0.25) is 0 Å². The third-order valence-corrected chi connectivity index (χ3v) is 1.71. The van der Waals surface area contributed by atoms with Gasteiger partial charge in [-0.15, -0.1) is 0 Å². The van der Waals surface area contributed by atoms with Crippen LogP contribution >= 0.6 is 0 Å². The van der Waals surface area contributed by atoms with Gasteiger partial charge in [0, 0.05) is 7.11 Å². The highest BCUT2D eigenvalue weighted by molar-refractivity contribution is 5.70. The van der Waals surface area contributed by atoms with Crippen molar-refractivity contribution in [2.45, 2.75) is 0 Å². The topological polar surface area (TPSA) is 35.5 Å². The van der Waals surface area contributed by atoms with E-state index < -0.39 is 0 Å². The van der Waals surface area contributed by atoms with Crippen molar-refractivity contribution in [1.29, 1.82) is 0 Å². The minimum Gasteiger partial charge on any atom is -0.460 e. The summed E-state index contributed by atoms with van der Waals surface area (Å²) in [6.45, 7) is 0.274. The van der Waals surface area contributed by atoms with Gasteiger partial charge in [-0.3, -0.25) is 0 Å². The van der Waals surface area contributed by atoms with Crippen molar-refractivity contribution >= 4 is 12.0 Å². The molecule has 0 aliphatic rings. The number of esters is 1. The molecule has 0 aromatic heterocycles. The van der Waals surface area contributed by atoms with E-state index in [1.807, 2.05) is 36.4 Å². The molecule has 0 spiro atoms. The first-order chi connectivity index (χ1) is 7.33. The van der Waals surface area contributed by atoms with E-state index in [-0.39, 0.29) is 19.2 Å². The van der Waals surface area contributed by atoms with Gasteiger partial charge in [-0.25, -0.2) is 4.79 Å². The Morgan fingerprint density at radius 3 is 2.73 bits per heavy atom. The Morgan fingerprint density at radius 1 is 1.33 bits per heavy atom. The molecule has 0 N–H and O–H groups in total.